The van der Waals surface area contributed by atoms with Gasteiger partial charge in [0.05, 0.1) is 17.0 Å². The number of aromatic nitrogens is 3. The molecule has 1 heterocycles. The molecule has 0 fully saturated rings. The maximum absolute atomic E-state index is 12.0. The van der Waals surface area contributed by atoms with Gasteiger partial charge in [-0.3, -0.25) is 4.79 Å². The Morgan fingerprint density at radius 1 is 1.56 bits per heavy atom. The number of hydrogen-bond acceptors (Lipinski definition) is 5. The number of carbonyl (C=O) groups is 1. The van der Waals surface area contributed by atoms with Gasteiger partial charge in [-0.05, 0) is 24.3 Å². The molecule has 1 N–H and O–H groups in total. The largest absolute Gasteiger partial charge is 0.449 e. The molecule has 8 heteroatoms. The quantitative estimate of drug-likeness (QED) is 0.883. The van der Waals surface area contributed by atoms with Crippen LogP contribution in [0.15, 0.2) is 23.0 Å². The zero-order valence-electron chi connectivity index (χ0n) is 9.38. The molecule has 0 aliphatic carbocycles. The predicted octanol–water partition coefficient (Wildman–Crippen LogP) is 1.14. The molecule has 1 aromatic carbocycles. The van der Waals surface area contributed by atoms with Crippen LogP contribution in [0, 0.1) is 0 Å². The topological polar surface area (TPSA) is 86.1 Å². The molecule has 7 nitrogen and oxygen atoms in total. The van der Waals surface area contributed by atoms with Gasteiger partial charge in [0, 0.05) is 0 Å². The minimum Gasteiger partial charge on any atom is -0.449 e. The van der Waals surface area contributed by atoms with Crippen LogP contribution >= 0.6 is 11.6 Å². The van der Waals surface area contributed by atoms with E-state index >= 15 is 0 Å². The first-order chi connectivity index (χ1) is 8.63. The van der Waals surface area contributed by atoms with E-state index in [1.165, 1.54) is 0 Å². The third-order valence-corrected chi connectivity index (χ3v) is 2.43. The van der Waals surface area contributed by atoms with Crippen LogP contribution in [0.25, 0.3) is 10.9 Å². The summed E-state index contributed by atoms with van der Waals surface area (Å²) in [6.07, 6.45) is -0.791. The van der Waals surface area contributed by atoms with Crippen molar-refractivity contribution in [1.29, 1.82) is 0 Å². The van der Waals surface area contributed by atoms with Crippen LogP contribution in [0.3, 0.4) is 0 Å². The number of ether oxygens (including phenoxy) is 1. The molecule has 0 spiro atoms. The van der Waals surface area contributed by atoms with Crippen molar-refractivity contribution >= 4 is 28.6 Å². The second kappa shape index (κ2) is 5.01. The van der Waals surface area contributed by atoms with Crippen molar-refractivity contribution in [2.45, 2.75) is 6.92 Å². The molecule has 2 rings (SSSR count). The van der Waals surface area contributed by atoms with Gasteiger partial charge in [-0.25, -0.2) is 10.2 Å². The van der Waals surface area contributed by atoms with E-state index in [0.717, 1.165) is 0 Å². The molecule has 0 unspecified atom stereocenters. The smallest absolute Gasteiger partial charge is 0.427 e. The summed E-state index contributed by atoms with van der Waals surface area (Å²) >= 11 is 5.91. The molecule has 0 bridgehead atoms. The Hall–Kier alpha value is -2.15. The van der Waals surface area contributed by atoms with E-state index < -0.39 is 11.7 Å². The summed E-state index contributed by atoms with van der Waals surface area (Å²) in [5.74, 6) is 0. The number of benzene rings is 1. The van der Waals surface area contributed by atoms with Gasteiger partial charge >= 0.3 is 6.09 Å². The first-order valence-electron chi connectivity index (χ1n) is 5.11. The van der Waals surface area contributed by atoms with Crippen molar-refractivity contribution in [2.75, 3.05) is 12.0 Å². The van der Waals surface area contributed by atoms with Crippen molar-refractivity contribution in [1.82, 2.24) is 15.1 Å². The normalized spacial score (nSPS) is 10.3. The van der Waals surface area contributed by atoms with Crippen LogP contribution in [-0.4, -0.2) is 27.8 Å². The highest BCUT2D eigenvalue weighted by Gasteiger charge is 2.11. The SMILES string of the molecule is CCOC(=O)Nn1nnc2cccc(Cl)c2c1=O. The summed E-state index contributed by atoms with van der Waals surface area (Å²) in [5, 5.41) is 7.76. The van der Waals surface area contributed by atoms with Crippen LogP contribution in [0.5, 0.6) is 0 Å². The first kappa shape index (κ1) is 12.3. The van der Waals surface area contributed by atoms with Crippen LogP contribution in [0.4, 0.5) is 4.79 Å². The van der Waals surface area contributed by atoms with Gasteiger partial charge in [0.1, 0.15) is 5.52 Å². The van der Waals surface area contributed by atoms with Crippen molar-refractivity contribution in [3.8, 4) is 0 Å². The van der Waals surface area contributed by atoms with Crippen molar-refractivity contribution < 1.29 is 9.53 Å². The van der Waals surface area contributed by atoms with Crippen molar-refractivity contribution in [2.24, 2.45) is 0 Å². The van der Waals surface area contributed by atoms with Gasteiger partial charge in [0.2, 0.25) is 0 Å². The zero-order chi connectivity index (χ0) is 13.1. The molecule has 0 aliphatic rings. The molecule has 1 amide bonds. The number of rotatable bonds is 2. The molecule has 0 aliphatic heterocycles. The molecule has 0 saturated heterocycles. The molecule has 1 aromatic heterocycles. The molecule has 94 valence electrons. The monoisotopic (exact) mass is 268 g/mol. The number of carbonyl (C=O) groups excluding carboxylic acids is 1. The molecular weight excluding hydrogens is 260 g/mol. The average molecular weight is 269 g/mol. The Balaban J connectivity index is 2.48. The highest BCUT2D eigenvalue weighted by Crippen LogP contribution is 2.16. The fraction of sp³-hybridized carbons (Fsp3) is 0.200. The van der Waals surface area contributed by atoms with E-state index in [2.05, 4.69) is 20.5 Å². The maximum Gasteiger partial charge on any atom is 0.427 e. The second-order valence-electron chi connectivity index (χ2n) is 3.27. The minimum atomic E-state index is -0.791. The van der Waals surface area contributed by atoms with E-state index in [1.54, 1.807) is 25.1 Å². The van der Waals surface area contributed by atoms with Gasteiger partial charge in [-0.15, -0.1) is 9.89 Å². The van der Waals surface area contributed by atoms with E-state index in [-0.39, 0.29) is 17.0 Å². The molecule has 2 aromatic rings. The highest BCUT2D eigenvalue weighted by molar-refractivity contribution is 6.35. The van der Waals surface area contributed by atoms with E-state index in [1.807, 2.05) is 0 Å². The third-order valence-electron chi connectivity index (χ3n) is 2.11. The highest BCUT2D eigenvalue weighted by atomic mass is 35.5. The van der Waals surface area contributed by atoms with Crippen LogP contribution < -0.4 is 11.0 Å². The van der Waals surface area contributed by atoms with Crippen molar-refractivity contribution in [3.05, 3.63) is 33.6 Å². The third kappa shape index (κ3) is 2.25. The van der Waals surface area contributed by atoms with Gasteiger partial charge in [-0.1, -0.05) is 17.7 Å². The Bertz CT molecular complexity index is 655. The lowest BCUT2D eigenvalue weighted by molar-refractivity contribution is 0.163. The lowest BCUT2D eigenvalue weighted by atomic mass is 10.2. The predicted molar refractivity (Wildman–Crippen MR) is 65.2 cm³/mol. The Kier molecular flexibility index (Phi) is 3.42. The fourth-order valence-electron chi connectivity index (χ4n) is 1.37. The number of hydrogen-bond donors (Lipinski definition) is 1. The number of amides is 1. The number of halogens is 1. The summed E-state index contributed by atoms with van der Waals surface area (Å²) in [4.78, 5) is 23.9. The molecule has 0 saturated carbocycles. The second-order valence-corrected chi connectivity index (χ2v) is 3.68. The lowest BCUT2D eigenvalue weighted by Gasteiger charge is -2.06. The van der Waals surface area contributed by atoms with Gasteiger partial charge < -0.3 is 4.74 Å². The van der Waals surface area contributed by atoms with Gasteiger partial charge in [-0.2, -0.15) is 0 Å². The first-order valence-corrected chi connectivity index (χ1v) is 5.49. The van der Waals surface area contributed by atoms with E-state index in [9.17, 15) is 9.59 Å². The average Bonchev–Trinajstić information content (AvgIpc) is 2.33. The maximum atomic E-state index is 12.0. The summed E-state index contributed by atoms with van der Waals surface area (Å²) in [6.45, 7) is 1.83. The Morgan fingerprint density at radius 2 is 2.33 bits per heavy atom. The summed E-state index contributed by atoms with van der Waals surface area (Å²) in [5.41, 5.74) is 1.93. The molecule has 0 radical (unpaired) electrons. The number of nitrogens with one attached hydrogen (secondary N) is 1. The fourth-order valence-corrected chi connectivity index (χ4v) is 1.62. The van der Waals surface area contributed by atoms with E-state index in [0.29, 0.717) is 10.3 Å². The van der Waals surface area contributed by atoms with Crippen LogP contribution in [0.1, 0.15) is 6.92 Å². The summed E-state index contributed by atoms with van der Waals surface area (Å²) in [6, 6.07) is 4.81. The lowest BCUT2D eigenvalue weighted by Crippen LogP contribution is -2.36. The minimum absolute atomic E-state index is 0.183. The Labute approximate surface area is 106 Å². The zero-order valence-corrected chi connectivity index (χ0v) is 10.1. The van der Waals surface area contributed by atoms with Crippen molar-refractivity contribution in [3.63, 3.8) is 0 Å². The van der Waals surface area contributed by atoms with E-state index in [4.69, 9.17) is 11.6 Å². The standard InChI is InChI=1S/C10H9ClN4O3/c1-2-18-10(17)13-15-9(16)8-6(11)4-3-5-7(8)12-14-15/h3-5H,2H2,1H3,(H,13,17). The van der Waals surface area contributed by atoms with Gasteiger partial charge in [0.15, 0.2) is 0 Å². The number of fused-ring (bicyclic) bond motifs is 1. The number of nitrogens with zero attached hydrogens (tertiary/aromatic N) is 3. The van der Waals surface area contributed by atoms with Gasteiger partial charge in [0.25, 0.3) is 5.56 Å². The Morgan fingerprint density at radius 3 is 3.06 bits per heavy atom. The summed E-state index contributed by atoms with van der Waals surface area (Å²) < 4.78 is 4.63. The van der Waals surface area contributed by atoms with Crippen LogP contribution in [0.2, 0.25) is 5.02 Å². The summed E-state index contributed by atoms with van der Waals surface area (Å²) in [7, 11) is 0. The van der Waals surface area contributed by atoms with Crippen LogP contribution in [-0.2, 0) is 4.74 Å². The molecule has 18 heavy (non-hydrogen) atoms. The molecular formula is C10H9ClN4O3. The molecule has 0 atom stereocenters.